The van der Waals surface area contributed by atoms with Crippen LogP contribution in [-0.2, 0) is 66.5 Å². The van der Waals surface area contributed by atoms with Crippen LogP contribution in [0.15, 0.2) is 23.1 Å². The zero-order valence-corrected chi connectivity index (χ0v) is 78.0. The first kappa shape index (κ1) is 112. The van der Waals surface area contributed by atoms with Crippen LogP contribution < -0.4 is 54.5 Å². The highest BCUT2D eigenvalue weighted by atomic mass is 19.1. The number of anilines is 1. The molecule has 0 spiro atoms. The summed E-state index contributed by atoms with van der Waals surface area (Å²) in [6, 6.07) is -0.259. The summed E-state index contributed by atoms with van der Waals surface area (Å²) in [6.07, 6.45) is -23.4. The Bertz CT molecular complexity index is 3860. The SMILES string of the molecule is CCC(CO)NCCNC(CC)CO.CC[C@H]1OC(=O)[C@H](C)[C@@H](O[C@H]2C[C@@](C)(OC)[C@@H](O)[C@H](C)O2)[C@H](C)[C@@H](O[C@@H]2O[C@H](C)C[C@H](N(C)C)[C@H]2O)[C@](C)(OC)C[C@@H](C)C(=O)[C@H](C)[C@@H](O)[C@]1(C)O.NCC[C@H](O)C(=O)N[C@@H]1C[C@H](N)[C@@H](O[C@H]2O[C@H](CN)[C@@H](O)[C@H](O)[C@H]2O)[C@H](O)[C@H]1O[C@H]1O[C@H](CO)[C@@H](O)[C@H](N)[C@H]1O.O=C(O)c1cn(C2CC2)c2cc(N3CCNCC3)c(F)cc2c1=O. The van der Waals surface area contributed by atoms with E-state index in [9.17, 15) is 94.7 Å². The van der Waals surface area contributed by atoms with E-state index in [1.54, 1.807) is 54.5 Å². The topological polar surface area (TPSA) is 654 Å². The van der Waals surface area contributed by atoms with Crippen LogP contribution in [0.4, 0.5) is 10.1 Å². The van der Waals surface area contributed by atoms with Crippen LogP contribution in [0.1, 0.15) is 164 Å². The average molecular weight is 1870 g/mol. The number of hydrogen-bond acceptors (Lipinski definition) is 39. The van der Waals surface area contributed by atoms with Crippen LogP contribution in [0, 0.1) is 29.5 Å². The molecule has 130 heavy (non-hydrogen) atoms. The van der Waals surface area contributed by atoms with Gasteiger partial charge >= 0.3 is 11.9 Å². The standard InChI is InChI=1S/C38H69NO13.C22H43N5O13.C17H18FN3O3.C10H24N2O2/c1-15-26-38(10,45)31(42)21(4)28(40)19(2)17-37(9,47-14)33(52-35-29(41)25(39(11)12)16-20(3)48-35)22(5)30(23(6)34(44)50-26)51-27-18-36(8,46-13)32(43)24(7)49-27;23-2-1-8(29)20(36)27-7-3-6(25)18(39-22-16(34)15(33)13(31)9(4-24)37-22)17(35)19(7)40-21-14(32)11(26)12(30)10(5-28)38-21;18-13-7-11-14(8-15(13)20-5-3-19-4-6-20)21(10-1-2-10)9-12(16(11)22)17(23)24;1-3-9(7-13)11-5-6-12-10(4-2)8-14/h19-27,29-33,35,41-43,45H,15-18H2,1-14H3;6-19,21-22,28-35H,1-5,23-26H2,(H,27,36);7-10,19H,1-6H2,(H,23,24);9-14H,3-8H2,1-2H3/t19-,20-,21+,22+,23-,24+,25+,26-,27+,29-,30+,31-,32+,33-,35+,36-,37-,38-;6-,7+,8-,9+,10+,11-,12+,13+,14+,15-,16+,17-,18+,19-,21+,22+;;/m10../s1. The van der Waals surface area contributed by atoms with Gasteiger partial charge in [-0.25, -0.2) is 9.18 Å². The molecule has 8 fully saturated rings. The van der Waals surface area contributed by atoms with Crippen molar-refractivity contribution >= 4 is 40.2 Å². The Kier molecular flexibility index (Phi) is 43.3. The molecule has 1 aromatic heterocycles. The van der Waals surface area contributed by atoms with Crippen LogP contribution in [-0.4, -0.2) is 404 Å². The Labute approximate surface area is 759 Å². The van der Waals surface area contributed by atoms with Crippen LogP contribution in [0.2, 0.25) is 0 Å². The molecule has 1 amide bonds. The number of carbonyl (C=O) groups is 4. The van der Waals surface area contributed by atoms with Gasteiger partial charge in [-0.05, 0) is 132 Å². The predicted molar refractivity (Wildman–Crippen MR) is 469 cm³/mol. The largest absolute Gasteiger partial charge is 0.477 e. The van der Waals surface area contributed by atoms with Crippen molar-refractivity contribution in [3.63, 3.8) is 0 Å². The van der Waals surface area contributed by atoms with Crippen molar-refractivity contribution in [3.8, 4) is 0 Å². The minimum absolute atomic E-state index is 0.0101. The fraction of sp³-hybridized carbons (Fsp3) is 0.851. The number of benzene rings is 1. The maximum absolute atomic E-state index is 14.6. The number of amides is 1. The lowest BCUT2D eigenvalue weighted by Gasteiger charge is -2.50. The van der Waals surface area contributed by atoms with Crippen molar-refractivity contribution in [1.29, 1.82) is 0 Å². The number of aromatic nitrogens is 1. The first-order valence-corrected chi connectivity index (χ1v) is 45.5. The lowest BCUT2D eigenvalue weighted by atomic mass is 9.74. The summed E-state index contributed by atoms with van der Waals surface area (Å²) in [6.45, 7) is 25.2. The van der Waals surface area contributed by atoms with Gasteiger partial charge in [-0.3, -0.25) is 19.2 Å². The number of ketones is 1. The second kappa shape index (κ2) is 50.3. The molecule has 2 aliphatic carbocycles. The number of methoxy groups -OCH3 is 2. The number of aromatic carboxylic acids is 1. The van der Waals surface area contributed by atoms with Gasteiger partial charge in [0, 0.05) is 126 Å². The fourth-order valence-corrected chi connectivity index (χ4v) is 18.2. The Morgan fingerprint density at radius 1 is 0.700 bits per heavy atom. The minimum Gasteiger partial charge on any atom is -0.477 e. The zero-order chi connectivity index (χ0) is 97.2. The van der Waals surface area contributed by atoms with Gasteiger partial charge in [-0.2, -0.15) is 0 Å². The Morgan fingerprint density at radius 2 is 1.28 bits per heavy atom. The molecular formula is C87H154FN11O31. The van der Waals surface area contributed by atoms with Gasteiger partial charge in [0.1, 0.15) is 108 Å². The first-order valence-electron chi connectivity index (χ1n) is 45.5. The number of rotatable bonds is 30. The predicted octanol–water partition coefficient (Wildman–Crippen LogP) is -4.69. The Balaban J connectivity index is 0.000000259. The number of nitrogens with two attached hydrogens (primary N) is 4. The number of aliphatic hydroxyl groups excluding tert-OH is 13. The first-order chi connectivity index (χ1) is 61.2. The van der Waals surface area contributed by atoms with E-state index in [1.807, 2.05) is 56.2 Å². The third-order valence-corrected chi connectivity index (χ3v) is 26.9. The highest BCUT2D eigenvalue weighted by Crippen LogP contribution is 2.44. The quantitative estimate of drug-likeness (QED) is 0.0258. The summed E-state index contributed by atoms with van der Waals surface area (Å²) >= 11 is 0. The van der Waals surface area contributed by atoms with Crippen molar-refractivity contribution in [1.82, 2.24) is 30.7 Å². The van der Waals surface area contributed by atoms with E-state index in [0.717, 1.165) is 51.9 Å². The number of halogens is 1. The lowest BCUT2D eigenvalue weighted by molar-refractivity contribution is -0.332. The molecule has 8 aliphatic rings. The number of nitrogens with zero attached hydrogens (tertiary/aromatic N) is 3. The number of pyridine rings is 1. The van der Waals surface area contributed by atoms with Crippen molar-refractivity contribution in [2.45, 2.75) is 348 Å². The second-order valence-electron chi connectivity index (χ2n) is 36.8. The molecule has 6 saturated heterocycles. The number of aliphatic hydroxyl groups is 14. The highest BCUT2D eigenvalue weighted by Gasteiger charge is 2.57. The summed E-state index contributed by atoms with van der Waals surface area (Å²) in [5.41, 5.74) is 19.0. The Morgan fingerprint density at radius 3 is 1.82 bits per heavy atom. The van der Waals surface area contributed by atoms with Crippen LogP contribution >= 0.6 is 0 Å². The second-order valence-corrected chi connectivity index (χ2v) is 36.8. The number of Topliss-reactive ketones (excluding diaryl/α,β-unsaturated/α-hetero) is 1. The van der Waals surface area contributed by atoms with Crippen molar-refractivity contribution in [2.24, 2.45) is 46.6 Å². The molecule has 7 heterocycles. The van der Waals surface area contributed by atoms with Gasteiger partial charge in [0.15, 0.2) is 25.2 Å². The molecule has 1 aromatic carbocycles. The summed E-state index contributed by atoms with van der Waals surface area (Å²) < 4.78 is 82.8. The van der Waals surface area contributed by atoms with Crippen molar-refractivity contribution < 1.29 is 152 Å². The number of nitrogens with one attached hydrogen (secondary N) is 4. The average Bonchev–Trinajstić information content (AvgIpc) is 1.50. The zero-order valence-electron chi connectivity index (χ0n) is 78.0. The number of hydrogen-bond donors (Lipinski definition) is 23. The normalized spacial score (nSPS) is 39.1. The minimum atomic E-state index is -1.96. The molecule has 42 nitrogen and oxygen atoms in total. The van der Waals surface area contributed by atoms with Gasteiger partial charge in [0.25, 0.3) is 0 Å². The number of carboxylic acid groups (broad SMARTS) is 1. The van der Waals surface area contributed by atoms with E-state index < -0.39 is 229 Å². The molecule has 2 unspecified atom stereocenters. The highest BCUT2D eigenvalue weighted by molar-refractivity contribution is 5.93. The van der Waals surface area contributed by atoms with Crippen molar-refractivity contribution in [2.75, 3.05) is 105 Å². The number of likely N-dealkylation sites (N-methyl/N-ethyl adjacent to an activating group) is 1. The number of carboxylic acids is 1. The van der Waals surface area contributed by atoms with Crippen molar-refractivity contribution in [3.05, 3.63) is 39.9 Å². The van der Waals surface area contributed by atoms with E-state index in [0.29, 0.717) is 30.7 Å². The summed E-state index contributed by atoms with van der Waals surface area (Å²) in [5.74, 6) is -7.07. The van der Waals surface area contributed by atoms with Crippen LogP contribution in [0.5, 0.6) is 0 Å². The molecule has 6 aliphatic heterocycles. The molecule has 0 bridgehead atoms. The van der Waals surface area contributed by atoms with Gasteiger partial charge in [0.2, 0.25) is 11.3 Å². The molecule has 0 radical (unpaired) electrons. The van der Waals surface area contributed by atoms with E-state index in [2.05, 4.69) is 21.3 Å². The van der Waals surface area contributed by atoms with E-state index in [4.69, 9.17) is 85.3 Å². The molecular weight excluding hydrogens is 1710 g/mol. The molecule has 27 N–H and O–H groups in total. The molecule has 43 heteroatoms. The van der Waals surface area contributed by atoms with E-state index in [-0.39, 0.29) is 105 Å². The molecule has 2 saturated carbocycles. The van der Waals surface area contributed by atoms with Gasteiger partial charge in [0.05, 0.1) is 90.7 Å². The maximum Gasteiger partial charge on any atom is 0.341 e. The van der Waals surface area contributed by atoms with Gasteiger partial charge < -0.3 is 187 Å². The smallest absolute Gasteiger partial charge is 0.341 e. The molecule has 750 valence electrons. The summed E-state index contributed by atoms with van der Waals surface area (Å²) in [5, 5.41) is 167. The summed E-state index contributed by atoms with van der Waals surface area (Å²) in [4.78, 5) is 68.4. The molecule has 2 aromatic rings. The van der Waals surface area contributed by atoms with Crippen LogP contribution in [0.25, 0.3) is 10.9 Å². The lowest BCUT2D eigenvalue weighted by Crippen LogP contribution is -2.69. The number of carbonyl (C=O) groups excluding carboxylic acids is 3. The van der Waals surface area contributed by atoms with E-state index in [1.165, 1.54) is 33.4 Å². The molecule has 10 rings (SSSR count). The van der Waals surface area contributed by atoms with E-state index >= 15 is 0 Å². The monoisotopic (exact) mass is 1870 g/mol. The third kappa shape index (κ3) is 27.5. The van der Waals surface area contributed by atoms with Crippen LogP contribution in [0.3, 0.4) is 0 Å². The number of ether oxygens (including phenoxy) is 11. The third-order valence-electron chi connectivity index (χ3n) is 26.9. The van der Waals surface area contributed by atoms with Gasteiger partial charge in [-0.1, -0.05) is 41.5 Å². The number of piperazine rings is 1. The fourth-order valence-electron chi connectivity index (χ4n) is 18.2. The number of fused-ring (bicyclic) bond motifs is 1. The van der Waals surface area contributed by atoms with Gasteiger partial charge in [-0.15, -0.1) is 0 Å². The number of esters is 1. The maximum atomic E-state index is 14.6. The molecule has 36 atom stereocenters. The number of cyclic esters (lactones) is 1. The summed E-state index contributed by atoms with van der Waals surface area (Å²) in [7, 11) is 6.77. The Hall–Kier alpha value is -5.04.